The molecule has 5 rings (SSSR count). The highest BCUT2D eigenvalue weighted by molar-refractivity contribution is 6.07. The molecule has 212 valence electrons. The van der Waals surface area contributed by atoms with Crippen molar-refractivity contribution in [3.63, 3.8) is 0 Å². The van der Waals surface area contributed by atoms with Crippen LogP contribution in [0.5, 0.6) is 5.88 Å². The fourth-order valence-electron chi connectivity index (χ4n) is 4.87. The maximum atomic E-state index is 15.6. The first-order chi connectivity index (χ1) is 19.0. The lowest BCUT2D eigenvalue weighted by molar-refractivity contribution is -0.138. The Balaban J connectivity index is 1.52. The third-order valence-corrected chi connectivity index (χ3v) is 6.92. The van der Waals surface area contributed by atoms with E-state index < -0.39 is 34.6 Å². The van der Waals surface area contributed by atoms with Crippen molar-refractivity contribution in [1.82, 2.24) is 15.3 Å². The molecule has 2 fully saturated rings. The molecule has 3 heterocycles. The number of pyridine rings is 2. The van der Waals surface area contributed by atoms with Crippen LogP contribution in [0.2, 0.25) is 0 Å². The lowest BCUT2D eigenvalue weighted by Crippen LogP contribution is -2.54. The molecule has 0 bridgehead atoms. The largest absolute Gasteiger partial charge is 0.477 e. The highest BCUT2D eigenvalue weighted by Crippen LogP contribution is 2.37. The first-order valence-electron chi connectivity index (χ1n) is 13.0. The molecule has 2 aromatic heterocycles. The minimum atomic E-state index is -4.93. The van der Waals surface area contributed by atoms with Gasteiger partial charge >= 0.3 is 6.18 Å². The number of aromatic amines is 1. The number of nitrogens with zero attached hydrogens (tertiary/aromatic N) is 2. The van der Waals surface area contributed by atoms with Crippen molar-refractivity contribution in [2.75, 3.05) is 29.9 Å². The van der Waals surface area contributed by atoms with Gasteiger partial charge in [0.2, 0.25) is 11.4 Å². The number of carbonyl (C=O) groups excluding carboxylic acids is 1. The normalized spacial score (nSPS) is 19.4. The van der Waals surface area contributed by atoms with Crippen LogP contribution in [0.4, 0.5) is 28.9 Å². The number of nitrogens with one attached hydrogen (secondary N) is 3. The molecule has 0 radical (unpaired) electrons. The summed E-state index contributed by atoms with van der Waals surface area (Å²) < 4.78 is 62.1. The number of piperazine rings is 1. The zero-order valence-electron chi connectivity index (χ0n) is 21.9. The fourth-order valence-corrected chi connectivity index (χ4v) is 4.87. The molecule has 3 N–H and O–H groups in total. The summed E-state index contributed by atoms with van der Waals surface area (Å²) >= 11 is 0. The van der Waals surface area contributed by atoms with Crippen LogP contribution in [0.25, 0.3) is 11.1 Å². The minimum Gasteiger partial charge on any atom is -0.477 e. The highest BCUT2D eigenvalue weighted by atomic mass is 19.4. The van der Waals surface area contributed by atoms with Crippen LogP contribution in [-0.2, 0) is 6.18 Å². The third kappa shape index (κ3) is 6.27. The fraction of sp³-hybridized carbons (Fsp3) is 0.393. The van der Waals surface area contributed by atoms with Crippen LogP contribution >= 0.6 is 0 Å². The molecule has 0 spiro atoms. The van der Waals surface area contributed by atoms with Crippen LogP contribution in [-0.4, -0.2) is 47.7 Å². The van der Waals surface area contributed by atoms with E-state index in [1.165, 1.54) is 18.3 Å². The van der Waals surface area contributed by atoms with Gasteiger partial charge in [-0.3, -0.25) is 9.59 Å². The number of anilines is 2. The monoisotopic (exact) mass is 559 g/mol. The summed E-state index contributed by atoms with van der Waals surface area (Å²) in [4.78, 5) is 33.0. The molecule has 8 nitrogen and oxygen atoms in total. The molecule has 40 heavy (non-hydrogen) atoms. The van der Waals surface area contributed by atoms with Gasteiger partial charge in [-0.2, -0.15) is 13.2 Å². The van der Waals surface area contributed by atoms with Crippen molar-refractivity contribution in [1.29, 1.82) is 0 Å². The smallest absolute Gasteiger partial charge is 0.417 e. The molecule has 1 saturated carbocycles. The van der Waals surface area contributed by atoms with Gasteiger partial charge in [0, 0.05) is 60.8 Å². The van der Waals surface area contributed by atoms with Gasteiger partial charge in [0.25, 0.3) is 5.91 Å². The molecular weight excluding hydrogens is 530 g/mol. The molecule has 1 amide bonds. The van der Waals surface area contributed by atoms with Crippen LogP contribution in [0.1, 0.15) is 42.6 Å². The maximum Gasteiger partial charge on any atom is 0.417 e. The third-order valence-electron chi connectivity index (χ3n) is 6.92. The van der Waals surface area contributed by atoms with Crippen LogP contribution in [0.3, 0.4) is 0 Å². The van der Waals surface area contributed by atoms with E-state index in [1.807, 2.05) is 18.7 Å². The van der Waals surface area contributed by atoms with Crippen molar-refractivity contribution in [2.24, 2.45) is 5.92 Å². The quantitative estimate of drug-likeness (QED) is 0.359. The molecule has 1 saturated heterocycles. The summed E-state index contributed by atoms with van der Waals surface area (Å²) in [5, 5.41) is 5.91. The Hall–Kier alpha value is -3.93. The van der Waals surface area contributed by atoms with E-state index in [0.717, 1.165) is 19.0 Å². The van der Waals surface area contributed by atoms with Gasteiger partial charge in [-0.1, -0.05) is 0 Å². The summed E-state index contributed by atoms with van der Waals surface area (Å²) in [7, 11) is 0. The molecule has 1 aliphatic heterocycles. The van der Waals surface area contributed by atoms with E-state index in [-0.39, 0.29) is 23.3 Å². The van der Waals surface area contributed by atoms with Crippen LogP contribution in [0, 0.1) is 11.7 Å². The van der Waals surface area contributed by atoms with Crippen molar-refractivity contribution >= 4 is 17.3 Å². The summed E-state index contributed by atoms with van der Waals surface area (Å²) in [5.41, 5.74) is -2.16. The predicted octanol–water partition coefficient (Wildman–Crippen LogP) is 4.82. The number of hydrogen-bond acceptors (Lipinski definition) is 6. The van der Waals surface area contributed by atoms with Gasteiger partial charge in [-0.25, -0.2) is 9.37 Å². The first kappa shape index (κ1) is 27.6. The van der Waals surface area contributed by atoms with E-state index in [1.54, 1.807) is 12.1 Å². The Morgan fingerprint density at radius 3 is 2.50 bits per heavy atom. The predicted molar refractivity (Wildman–Crippen MR) is 142 cm³/mol. The molecule has 1 aromatic carbocycles. The van der Waals surface area contributed by atoms with Gasteiger partial charge < -0.3 is 25.3 Å². The number of amides is 1. The number of carbonyl (C=O) groups is 1. The standard InChI is InChI=1S/C28H29F4N5O3/c1-15-12-37(13-16(2)35-15)24-9-22(29)19(18-5-6-26(34-10-18)40-14-17-3-4-17)7-23(24)36-27(39)20-11-33-25(38)8-21(20)28(30,31)32/h5-11,15-17,35H,3-4,12-14H2,1-2H3,(H,33,38)(H,36,39)/t15-,16+. The molecule has 3 aromatic rings. The van der Waals surface area contributed by atoms with Crippen molar-refractivity contribution in [3.8, 4) is 17.0 Å². The lowest BCUT2D eigenvalue weighted by atomic mass is 10.0. The number of hydrogen-bond donors (Lipinski definition) is 3. The van der Waals surface area contributed by atoms with E-state index in [0.29, 0.717) is 48.8 Å². The lowest BCUT2D eigenvalue weighted by Gasteiger charge is -2.38. The molecule has 0 unspecified atom stereocenters. The Bertz CT molecular complexity index is 1440. The van der Waals surface area contributed by atoms with Crippen LogP contribution in [0.15, 0.2) is 47.5 Å². The topological polar surface area (TPSA) is 99.3 Å². The highest BCUT2D eigenvalue weighted by Gasteiger charge is 2.36. The van der Waals surface area contributed by atoms with Gasteiger partial charge in [0.15, 0.2) is 0 Å². The first-order valence-corrected chi connectivity index (χ1v) is 13.0. The molecule has 1 aliphatic carbocycles. The second kappa shape index (κ2) is 10.9. The Kier molecular flexibility index (Phi) is 7.54. The number of benzene rings is 1. The molecule has 2 atom stereocenters. The Labute approximate surface area is 227 Å². The number of ether oxygens (including phenoxy) is 1. The van der Waals surface area contributed by atoms with Crippen LogP contribution < -0.4 is 25.8 Å². The number of rotatable bonds is 7. The molecule has 12 heteroatoms. The van der Waals surface area contributed by atoms with Gasteiger partial charge in [-0.05, 0) is 50.8 Å². The van der Waals surface area contributed by atoms with E-state index in [9.17, 15) is 22.8 Å². The second-order valence-electron chi connectivity index (χ2n) is 10.4. The summed E-state index contributed by atoms with van der Waals surface area (Å²) in [6, 6.07) is 6.34. The average molecular weight is 560 g/mol. The van der Waals surface area contributed by atoms with Crippen molar-refractivity contribution in [2.45, 2.75) is 44.9 Å². The summed E-state index contributed by atoms with van der Waals surface area (Å²) in [5.74, 6) is -0.739. The number of aromatic nitrogens is 2. The Morgan fingerprint density at radius 2 is 1.88 bits per heavy atom. The zero-order chi connectivity index (χ0) is 28.6. The summed E-state index contributed by atoms with van der Waals surface area (Å²) in [6.07, 6.45) is -0.513. The minimum absolute atomic E-state index is 0.0402. The maximum absolute atomic E-state index is 15.6. The molecular formula is C28H29F4N5O3. The summed E-state index contributed by atoms with van der Waals surface area (Å²) in [6.45, 7) is 5.44. The average Bonchev–Trinajstić information content (AvgIpc) is 3.72. The van der Waals surface area contributed by atoms with E-state index >= 15 is 4.39 Å². The van der Waals surface area contributed by atoms with Gasteiger partial charge in [0.05, 0.1) is 29.1 Å². The molecule has 2 aliphatic rings. The second-order valence-corrected chi connectivity index (χ2v) is 10.4. The number of halogens is 4. The SMILES string of the molecule is C[C@@H]1CN(c2cc(F)c(-c3ccc(OCC4CC4)nc3)cc2NC(=O)c2c[nH]c(=O)cc2C(F)(F)F)C[C@H](C)N1. The van der Waals surface area contributed by atoms with E-state index in [2.05, 4.69) is 20.6 Å². The zero-order valence-corrected chi connectivity index (χ0v) is 21.9. The number of alkyl halides is 3. The Morgan fingerprint density at radius 1 is 1.15 bits per heavy atom. The van der Waals surface area contributed by atoms with Gasteiger partial charge in [-0.15, -0.1) is 0 Å². The van der Waals surface area contributed by atoms with E-state index in [4.69, 9.17) is 4.74 Å². The van der Waals surface area contributed by atoms with Gasteiger partial charge in [0.1, 0.15) is 5.82 Å². The number of H-pyrrole nitrogens is 1. The van der Waals surface area contributed by atoms with Crippen molar-refractivity contribution in [3.05, 3.63) is 70.0 Å². The van der Waals surface area contributed by atoms with Crippen molar-refractivity contribution < 1.29 is 27.1 Å².